The Morgan fingerprint density at radius 1 is 0.952 bits per heavy atom. The molecule has 1 N–H and O–H groups in total. The Morgan fingerprint density at radius 2 is 1.48 bits per heavy atom. The van der Waals surface area contributed by atoms with Crippen LogP contribution in [0.4, 0.5) is 0 Å². The molecule has 5 nitrogen and oxygen atoms in total. The average Bonchev–Trinajstić information content (AvgIpc) is 2.45. The maximum Gasteiger partial charge on any atom is 0.500 e. The molecule has 0 saturated heterocycles. The van der Waals surface area contributed by atoms with Crippen LogP contribution in [-0.4, -0.2) is 55.5 Å². The predicted octanol–water partition coefficient (Wildman–Crippen LogP) is 2.60. The second-order valence-corrected chi connectivity index (χ2v) is 8.86. The molecule has 0 fully saturated rings. The van der Waals surface area contributed by atoms with Crippen molar-refractivity contribution >= 4 is 14.5 Å². The summed E-state index contributed by atoms with van der Waals surface area (Å²) < 4.78 is 16.2. The number of rotatable bonds is 12. The van der Waals surface area contributed by atoms with Crippen molar-refractivity contribution in [2.45, 2.75) is 40.2 Å². The Kier molecular flexibility index (Phi) is 11.2. The van der Waals surface area contributed by atoms with Crippen molar-refractivity contribution in [3.63, 3.8) is 0 Å². The summed E-state index contributed by atoms with van der Waals surface area (Å²) in [6.45, 7) is 11.5. The van der Waals surface area contributed by atoms with Gasteiger partial charge in [-0.05, 0) is 24.8 Å². The molecular formula is C15H34N2O3Si. The van der Waals surface area contributed by atoms with E-state index in [1.807, 2.05) is 0 Å². The minimum Gasteiger partial charge on any atom is -0.377 e. The summed E-state index contributed by atoms with van der Waals surface area (Å²) in [5.41, 5.74) is 1.31. The minimum absolute atomic E-state index is 0.529. The lowest BCUT2D eigenvalue weighted by Crippen LogP contribution is -2.43. The second kappa shape index (κ2) is 11.3. The summed E-state index contributed by atoms with van der Waals surface area (Å²) in [4.78, 5) is 4.71. The molecule has 0 aliphatic heterocycles. The number of nitrogens with one attached hydrogen (secondary N) is 1. The molecule has 0 rings (SSSR count). The molecule has 0 aromatic carbocycles. The Bertz CT molecular complexity index is 274. The highest BCUT2D eigenvalue weighted by atomic mass is 28.4. The first-order chi connectivity index (χ1) is 9.92. The summed E-state index contributed by atoms with van der Waals surface area (Å²) >= 11 is 0. The van der Waals surface area contributed by atoms with Gasteiger partial charge < -0.3 is 18.6 Å². The van der Waals surface area contributed by atoms with Crippen LogP contribution in [-0.2, 0) is 13.3 Å². The minimum atomic E-state index is -2.40. The van der Waals surface area contributed by atoms with Crippen LogP contribution in [0.5, 0.6) is 0 Å². The Labute approximate surface area is 131 Å². The van der Waals surface area contributed by atoms with Gasteiger partial charge in [0.2, 0.25) is 0 Å². The van der Waals surface area contributed by atoms with Crippen molar-refractivity contribution in [3.05, 3.63) is 0 Å². The smallest absolute Gasteiger partial charge is 0.377 e. The molecule has 0 aromatic heterocycles. The quantitative estimate of drug-likeness (QED) is 0.341. The van der Waals surface area contributed by atoms with Crippen LogP contribution in [0, 0.1) is 11.8 Å². The van der Waals surface area contributed by atoms with Gasteiger partial charge in [0.1, 0.15) is 0 Å². The second-order valence-electron chi connectivity index (χ2n) is 5.76. The van der Waals surface area contributed by atoms with Crippen LogP contribution < -0.4 is 5.32 Å². The molecule has 0 radical (unpaired) electrons. The zero-order valence-corrected chi connectivity index (χ0v) is 15.9. The fraction of sp³-hybridized carbons (Fsp3) is 0.933. The van der Waals surface area contributed by atoms with Crippen LogP contribution in [0.15, 0.2) is 4.99 Å². The van der Waals surface area contributed by atoms with Crippen LogP contribution in [0.1, 0.15) is 34.1 Å². The van der Waals surface area contributed by atoms with Gasteiger partial charge in [0.15, 0.2) is 0 Å². The topological polar surface area (TPSA) is 52.1 Å². The van der Waals surface area contributed by atoms with E-state index < -0.39 is 8.80 Å². The van der Waals surface area contributed by atoms with Gasteiger partial charge in [0.05, 0.1) is 6.54 Å². The lowest BCUT2D eigenvalue weighted by molar-refractivity contribution is 0.123. The highest BCUT2D eigenvalue weighted by Gasteiger charge is 2.36. The summed E-state index contributed by atoms with van der Waals surface area (Å²) in [5, 5.41) is 3.41. The number of nitrogens with zero attached hydrogens (tertiary/aromatic N) is 1. The normalized spacial score (nSPS) is 12.2. The van der Waals surface area contributed by atoms with Gasteiger partial charge in [-0.3, -0.25) is 4.99 Å². The molecule has 0 bridgehead atoms. The van der Waals surface area contributed by atoms with E-state index in [2.05, 4.69) is 33.0 Å². The zero-order chi connectivity index (χ0) is 16.3. The third-order valence-corrected chi connectivity index (χ3v) is 6.37. The maximum absolute atomic E-state index is 5.39. The first-order valence-corrected chi connectivity index (χ1v) is 9.76. The molecule has 0 aliphatic rings. The largest absolute Gasteiger partial charge is 0.500 e. The summed E-state index contributed by atoms with van der Waals surface area (Å²) in [6, 6.07) is 0.829. The van der Waals surface area contributed by atoms with Gasteiger partial charge in [-0.2, -0.15) is 0 Å². The van der Waals surface area contributed by atoms with Crippen molar-refractivity contribution in [1.82, 2.24) is 5.32 Å². The molecule has 0 atom stereocenters. The lowest BCUT2D eigenvalue weighted by Gasteiger charge is -2.24. The first-order valence-electron chi connectivity index (χ1n) is 7.82. The van der Waals surface area contributed by atoms with Crippen molar-refractivity contribution in [3.8, 4) is 0 Å². The molecule has 126 valence electrons. The first kappa shape index (κ1) is 20.7. The molecule has 21 heavy (non-hydrogen) atoms. The van der Waals surface area contributed by atoms with Gasteiger partial charge in [-0.15, -0.1) is 0 Å². The molecule has 0 aromatic rings. The molecule has 0 amide bonds. The van der Waals surface area contributed by atoms with Crippen LogP contribution in [0.3, 0.4) is 0 Å². The number of hydrogen-bond acceptors (Lipinski definition) is 5. The third-order valence-electron chi connectivity index (χ3n) is 3.54. The summed E-state index contributed by atoms with van der Waals surface area (Å²) in [5.74, 6) is 1.06. The highest BCUT2D eigenvalue weighted by molar-refractivity contribution is 6.60. The Hall–Kier alpha value is -0.273. The van der Waals surface area contributed by atoms with E-state index in [1.54, 1.807) is 21.3 Å². The maximum atomic E-state index is 5.39. The number of hydrogen-bond donors (Lipinski definition) is 1. The fourth-order valence-electron chi connectivity index (χ4n) is 2.41. The molecule has 0 aliphatic carbocycles. The lowest BCUT2D eigenvalue weighted by atomic mass is 9.97. The number of aliphatic imine (C=N–C) groups is 1. The van der Waals surface area contributed by atoms with E-state index in [9.17, 15) is 0 Å². The summed E-state index contributed by atoms with van der Waals surface area (Å²) in [6.07, 6.45) is 0.979. The predicted molar refractivity (Wildman–Crippen MR) is 91.1 cm³/mol. The van der Waals surface area contributed by atoms with E-state index >= 15 is 0 Å². The molecule has 0 spiro atoms. The van der Waals surface area contributed by atoms with E-state index in [0.717, 1.165) is 32.1 Å². The molecular weight excluding hydrogens is 284 g/mol. The monoisotopic (exact) mass is 318 g/mol. The van der Waals surface area contributed by atoms with E-state index in [4.69, 9.17) is 18.3 Å². The molecule has 0 saturated carbocycles. The average molecular weight is 319 g/mol. The Balaban J connectivity index is 3.90. The van der Waals surface area contributed by atoms with Gasteiger partial charge >= 0.3 is 8.80 Å². The zero-order valence-electron chi connectivity index (χ0n) is 14.9. The third kappa shape index (κ3) is 8.06. The fourth-order valence-corrected chi connectivity index (χ4v) is 4.13. The van der Waals surface area contributed by atoms with Crippen molar-refractivity contribution in [2.75, 3.05) is 41.0 Å². The highest BCUT2D eigenvalue weighted by Crippen LogP contribution is 2.14. The van der Waals surface area contributed by atoms with Crippen LogP contribution >= 0.6 is 0 Å². The van der Waals surface area contributed by atoms with E-state index in [1.165, 1.54) is 5.71 Å². The van der Waals surface area contributed by atoms with Gasteiger partial charge in [0.25, 0.3) is 0 Å². The van der Waals surface area contributed by atoms with E-state index in [0.29, 0.717) is 11.8 Å². The van der Waals surface area contributed by atoms with Crippen molar-refractivity contribution < 1.29 is 13.3 Å². The van der Waals surface area contributed by atoms with Crippen molar-refractivity contribution in [2.24, 2.45) is 16.8 Å². The van der Waals surface area contributed by atoms with Gasteiger partial charge in [-0.25, -0.2) is 0 Å². The summed E-state index contributed by atoms with van der Waals surface area (Å²) in [7, 11) is 2.56. The SMILES string of the molecule is CO[Si](CCCNCCN=C(C(C)C)C(C)C)(OC)OC. The van der Waals surface area contributed by atoms with Crippen molar-refractivity contribution in [1.29, 1.82) is 0 Å². The molecule has 6 heteroatoms. The van der Waals surface area contributed by atoms with Gasteiger partial charge in [-0.1, -0.05) is 27.7 Å². The van der Waals surface area contributed by atoms with Crippen LogP contribution in [0.2, 0.25) is 6.04 Å². The standard InChI is InChI=1S/C15H34N2O3Si/c1-13(2)15(14(3)4)17-11-10-16-9-8-12-21(18-5,19-6)20-7/h13-14,16H,8-12H2,1-7H3. The molecule has 0 heterocycles. The van der Waals surface area contributed by atoms with E-state index in [-0.39, 0.29) is 0 Å². The van der Waals surface area contributed by atoms with Gasteiger partial charge in [0, 0.05) is 39.6 Å². The van der Waals surface area contributed by atoms with Crippen LogP contribution in [0.25, 0.3) is 0 Å². The molecule has 0 unspecified atom stereocenters. The Morgan fingerprint density at radius 3 is 1.90 bits per heavy atom.